The summed E-state index contributed by atoms with van der Waals surface area (Å²) in [4.78, 5) is 25.0. The maximum Gasteiger partial charge on any atom is 0.247 e. The lowest BCUT2D eigenvalue weighted by molar-refractivity contribution is -0.129. The van der Waals surface area contributed by atoms with Gasteiger partial charge in [0.1, 0.15) is 6.04 Å². The molecule has 2 rings (SSSR count). The molecule has 0 radical (unpaired) electrons. The molecule has 1 atom stereocenters. The number of amides is 2. The quantitative estimate of drug-likeness (QED) is 0.683. The molecule has 1 aromatic rings. The van der Waals surface area contributed by atoms with Gasteiger partial charge in [-0.05, 0) is 30.2 Å². The first-order valence-electron chi connectivity index (χ1n) is 9.74. The highest BCUT2D eigenvalue weighted by molar-refractivity contribution is 7.88. The van der Waals surface area contributed by atoms with E-state index in [1.165, 1.54) is 10.6 Å². The van der Waals surface area contributed by atoms with E-state index in [-0.39, 0.29) is 23.7 Å². The van der Waals surface area contributed by atoms with Crippen LogP contribution < -0.4 is 10.6 Å². The smallest absolute Gasteiger partial charge is 0.247 e. The van der Waals surface area contributed by atoms with Crippen molar-refractivity contribution >= 4 is 21.8 Å². The molecular formula is C20H31N3O4S. The SMILES string of the molecule is CC(C)CC(=O)NC(C(=O)NCC1CCN(S(C)(=O)=O)CC1)c1ccccc1. The van der Waals surface area contributed by atoms with Crippen LogP contribution in [0.2, 0.25) is 0 Å². The molecule has 0 saturated carbocycles. The molecule has 156 valence electrons. The minimum absolute atomic E-state index is 0.152. The van der Waals surface area contributed by atoms with Gasteiger partial charge in [-0.2, -0.15) is 0 Å². The van der Waals surface area contributed by atoms with E-state index in [2.05, 4.69) is 10.6 Å². The van der Waals surface area contributed by atoms with Gasteiger partial charge >= 0.3 is 0 Å². The molecule has 8 heteroatoms. The Balaban J connectivity index is 1.94. The minimum atomic E-state index is -3.16. The van der Waals surface area contributed by atoms with Crippen molar-refractivity contribution in [2.45, 2.75) is 39.2 Å². The van der Waals surface area contributed by atoms with E-state index >= 15 is 0 Å². The fraction of sp³-hybridized carbons (Fsp3) is 0.600. The number of carbonyl (C=O) groups excluding carboxylic acids is 2. The number of nitrogens with one attached hydrogen (secondary N) is 2. The Morgan fingerprint density at radius 3 is 2.29 bits per heavy atom. The molecule has 1 fully saturated rings. The molecule has 7 nitrogen and oxygen atoms in total. The van der Waals surface area contributed by atoms with E-state index in [9.17, 15) is 18.0 Å². The lowest BCUT2D eigenvalue weighted by Gasteiger charge is -2.30. The van der Waals surface area contributed by atoms with Crippen molar-refractivity contribution in [3.8, 4) is 0 Å². The zero-order valence-corrected chi connectivity index (χ0v) is 17.7. The van der Waals surface area contributed by atoms with Gasteiger partial charge in [0.05, 0.1) is 6.26 Å². The monoisotopic (exact) mass is 409 g/mol. The van der Waals surface area contributed by atoms with Crippen molar-refractivity contribution in [3.63, 3.8) is 0 Å². The molecule has 0 aliphatic carbocycles. The Labute approximate surface area is 167 Å². The summed E-state index contributed by atoms with van der Waals surface area (Å²) >= 11 is 0. The van der Waals surface area contributed by atoms with E-state index in [1.807, 2.05) is 44.2 Å². The van der Waals surface area contributed by atoms with Crippen molar-refractivity contribution in [2.75, 3.05) is 25.9 Å². The highest BCUT2D eigenvalue weighted by Gasteiger charge is 2.27. The van der Waals surface area contributed by atoms with Gasteiger partial charge in [0.2, 0.25) is 21.8 Å². The minimum Gasteiger partial charge on any atom is -0.354 e. The summed E-state index contributed by atoms with van der Waals surface area (Å²) in [5.41, 5.74) is 0.740. The Hall–Kier alpha value is -1.93. The molecule has 1 aliphatic heterocycles. The zero-order chi connectivity index (χ0) is 20.7. The first-order valence-corrected chi connectivity index (χ1v) is 11.6. The summed E-state index contributed by atoms with van der Waals surface area (Å²) in [6, 6.07) is 8.46. The van der Waals surface area contributed by atoms with Crippen LogP contribution in [-0.2, 0) is 19.6 Å². The van der Waals surface area contributed by atoms with Gasteiger partial charge in [-0.1, -0.05) is 44.2 Å². The van der Waals surface area contributed by atoms with Gasteiger partial charge in [0.15, 0.2) is 0 Å². The number of hydrogen-bond acceptors (Lipinski definition) is 4. The molecule has 2 N–H and O–H groups in total. The molecular weight excluding hydrogens is 378 g/mol. The third kappa shape index (κ3) is 6.91. The van der Waals surface area contributed by atoms with E-state index in [0.717, 1.165) is 5.56 Å². The largest absolute Gasteiger partial charge is 0.354 e. The zero-order valence-electron chi connectivity index (χ0n) is 16.8. The molecule has 0 bridgehead atoms. The number of nitrogens with zero attached hydrogens (tertiary/aromatic N) is 1. The van der Waals surface area contributed by atoms with Crippen molar-refractivity contribution in [2.24, 2.45) is 11.8 Å². The predicted octanol–water partition coefficient (Wildman–Crippen LogP) is 1.68. The van der Waals surface area contributed by atoms with Gasteiger partial charge in [-0.15, -0.1) is 0 Å². The van der Waals surface area contributed by atoms with E-state index in [4.69, 9.17) is 0 Å². The number of hydrogen-bond donors (Lipinski definition) is 2. The Bertz CT molecular complexity index is 757. The summed E-state index contributed by atoms with van der Waals surface area (Å²) < 4.78 is 24.7. The summed E-state index contributed by atoms with van der Waals surface area (Å²) in [6.45, 7) is 5.35. The van der Waals surface area contributed by atoms with Crippen LogP contribution in [0.1, 0.15) is 44.7 Å². The average Bonchev–Trinajstić information content (AvgIpc) is 2.64. The maximum atomic E-state index is 12.8. The van der Waals surface area contributed by atoms with Gasteiger partial charge in [-0.3, -0.25) is 9.59 Å². The number of carbonyl (C=O) groups is 2. The summed E-state index contributed by atoms with van der Waals surface area (Å²) in [6.07, 6.45) is 3.01. The van der Waals surface area contributed by atoms with Crippen LogP contribution in [0.5, 0.6) is 0 Å². The normalized spacial score (nSPS) is 17.3. The summed E-state index contributed by atoms with van der Waals surface area (Å²) in [7, 11) is -3.16. The molecule has 1 unspecified atom stereocenters. The number of rotatable bonds is 8. The molecule has 1 saturated heterocycles. The fourth-order valence-corrected chi connectivity index (χ4v) is 4.20. The second-order valence-electron chi connectivity index (χ2n) is 7.86. The Morgan fingerprint density at radius 1 is 1.14 bits per heavy atom. The standard InChI is InChI=1S/C20H31N3O4S/c1-15(2)13-18(24)22-19(17-7-5-4-6-8-17)20(25)21-14-16-9-11-23(12-10-16)28(3,26)27/h4-8,15-16,19H,9-14H2,1-3H3,(H,21,25)(H,22,24). The number of piperidine rings is 1. The maximum absolute atomic E-state index is 12.8. The van der Waals surface area contributed by atoms with Crippen LogP contribution in [0.15, 0.2) is 30.3 Å². The van der Waals surface area contributed by atoms with Gasteiger partial charge in [0, 0.05) is 26.1 Å². The lowest BCUT2D eigenvalue weighted by atomic mass is 9.97. The highest BCUT2D eigenvalue weighted by atomic mass is 32.2. The molecule has 28 heavy (non-hydrogen) atoms. The molecule has 1 aliphatic rings. The van der Waals surface area contributed by atoms with Crippen LogP contribution in [-0.4, -0.2) is 50.4 Å². The van der Waals surface area contributed by atoms with Crippen molar-refractivity contribution < 1.29 is 18.0 Å². The van der Waals surface area contributed by atoms with Crippen LogP contribution >= 0.6 is 0 Å². The Morgan fingerprint density at radius 2 is 1.75 bits per heavy atom. The predicted molar refractivity (Wildman–Crippen MR) is 109 cm³/mol. The number of benzene rings is 1. The Kier molecular flexibility index (Phi) is 8.00. The summed E-state index contributed by atoms with van der Waals surface area (Å²) in [5.74, 6) is 0.0403. The first kappa shape index (κ1) is 22.4. The van der Waals surface area contributed by atoms with E-state index < -0.39 is 16.1 Å². The average molecular weight is 410 g/mol. The molecule has 0 aromatic heterocycles. The van der Waals surface area contributed by atoms with Gasteiger partial charge < -0.3 is 10.6 Å². The van der Waals surface area contributed by atoms with Crippen molar-refractivity contribution in [1.29, 1.82) is 0 Å². The van der Waals surface area contributed by atoms with Gasteiger partial charge in [-0.25, -0.2) is 12.7 Å². The molecule has 1 heterocycles. The van der Waals surface area contributed by atoms with Crippen LogP contribution in [0.25, 0.3) is 0 Å². The molecule has 1 aromatic carbocycles. The highest BCUT2D eigenvalue weighted by Crippen LogP contribution is 2.19. The lowest BCUT2D eigenvalue weighted by Crippen LogP contribution is -2.44. The first-order chi connectivity index (χ1) is 13.2. The van der Waals surface area contributed by atoms with Gasteiger partial charge in [0.25, 0.3) is 0 Å². The number of sulfonamides is 1. The third-order valence-corrected chi connectivity index (χ3v) is 6.20. The van der Waals surface area contributed by atoms with Crippen molar-refractivity contribution in [1.82, 2.24) is 14.9 Å². The van der Waals surface area contributed by atoms with Crippen LogP contribution in [0, 0.1) is 11.8 Å². The molecule has 0 spiro atoms. The second-order valence-corrected chi connectivity index (χ2v) is 9.84. The van der Waals surface area contributed by atoms with E-state index in [1.54, 1.807) is 0 Å². The molecule has 2 amide bonds. The van der Waals surface area contributed by atoms with Crippen LogP contribution in [0.3, 0.4) is 0 Å². The van der Waals surface area contributed by atoms with Crippen LogP contribution in [0.4, 0.5) is 0 Å². The fourth-order valence-electron chi connectivity index (χ4n) is 3.33. The topological polar surface area (TPSA) is 95.6 Å². The summed E-state index contributed by atoms with van der Waals surface area (Å²) in [5, 5.41) is 5.78. The van der Waals surface area contributed by atoms with E-state index in [0.29, 0.717) is 38.9 Å². The van der Waals surface area contributed by atoms with Crippen molar-refractivity contribution in [3.05, 3.63) is 35.9 Å². The third-order valence-electron chi connectivity index (χ3n) is 4.90. The second kappa shape index (κ2) is 10.0.